The lowest BCUT2D eigenvalue weighted by atomic mass is 10.0. The highest BCUT2D eigenvalue weighted by molar-refractivity contribution is 6.00. The zero-order valence-corrected chi connectivity index (χ0v) is 22.6. The minimum Gasteiger partial charge on any atom is -0.496 e. The van der Waals surface area contributed by atoms with Gasteiger partial charge in [-0.2, -0.15) is 9.78 Å². The van der Waals surface area contributed by atoms with Crippen LogP contribution in [0.5, 0.6) is 5.75 Å². The van der Waals surface area contributed by atoms with E-state index in [-0.39, 0.29) is 0 Å². The topological polar surface area (TPSA) is 95.8 Å². The number of ether oxygens (including phenoxy) is 3. The van der Waals surface area contributed by atoms with Crippen molar-refractivity contribution in [2.75, 3.05) is 25.7 Å². The smallest absolute Gasteiger partial charge is 0.435 e. The SMILES string of the molecule is COC(=O)c1cc2cc(N3CCC[C@@H]3C)c(-c3ccc4c(cnn4C(=O)OC(C)(C)C)c3)nc2cc1OC. The fraction of sp³-hybridized carbons (Fsp3) is 0.379. The number of hydrogen-bond donors (Lipinski definition) is 0. The molecule has 1 fully saturated rings. The van der Waals surface area contributed by atoms with Crippen LogP contribution in [0.3, 0.4) is 0 Å². The molecule has 198 valence electrons. The van der Waals surface area contributed by atoms with Crippen LogP contribution in [0.2, 0.25) is 0 Å². The molecule has 9 heteroatoms. The molecule has 38 heavy (non-hydrogen) atoms. The van der Waals surface area contributed by atoms with Crippen LogP contribution in [0.15, 0.2) is 42.6 Å². The third kappa shape index (κ3) is 4.64. The Balaban J connectivity index is 1.66. The van der Waals surface area contributed by atoms with Crippen LogP contribution >= 0.6 is 0 Å². The van der Waals surface area contributed by atoms with Crippen LogP contribution in [0, 0.1) is 0 Å². The van der Waals surface area contributed by atoms with Gasteiger partial charge in [0, 0.05) is 35.0 Å². The zero-order valence-electron chi connectivity index (χ0n) is 22.6. The monoisotopic (exact) mass is 516 g/mol. The average Bonchev–Trinajstić information content (AvgIpc) is 3.51. The molecule has 1 atom stereocenters. The Morgan fingerprint density at radius 1 is 1.05 bits per heavy atom. The summed E-state index contributed by atoms with van der Waals surface area (Å²) >= 11 is 0. The van der Waals surface area contributed by atoms with Crippen LogP contribution in [-0.4, -0.2) is 59.2 Å². The van der Waals surface area contributed by atoms with Crippen molar-refractivity contribution in [3.8, 4) is 17.0 Å². The van der Waals surface area contributed by atoms with Crippen molar-refractivity contribution in [2.45, 2.75) is 52.2 Å². The summed E-state index contributed by atoms with van der Waals surface area (Å²) in [5.41, 5.74) is 3.78. The number of fused-ring (bicyclic) bond motifs is 2. The molecular weight excluding hydrogens is 484 g/mol. The third-order valence-electron chi connectivity index (χ3n) is 6.79. The molecule has 3 heterocycles. The lowest BCUT2D eigenvalue weighted by Crippen LogP contribution is -2.27. The second kappa shape index (κ2) is 9.63. The van der Waals surface area contributed by atoms with Gasteiger partial charge in [0.25, 0.3) is 0 Å². The van der Waals surface area contributed by atoms with Gasteiger partial charge >= 0.3 is 12.1 Å². The molecule has 0 N–H and O–H groups in total. The van der Waals surface area contributed by atoms with Crippen molar-refractivity contribution < 1.29 is 23.8 Å². The summed E-state index contributed by atoms with van der Waals surface area (Å²) < 4.78 is 17.2. The molecule has 0 aliphatic carbocycles. The predicted molar refractivity (Wildman–Crippen MR) is 146 cm³/mol. The number of aromatic nitrogens is 3. The van der Waals surface area contributed by atoms with Gasteiger partial charge in [0.15, 0.2) is 0 Å². The van der Waals surface area contributed by atoms with E-state index < -0.39 is 17.7 Å². The summed E-state index contributed by atoms with van der Waals surface area (Å²) in [6.07, 6.45) is 3.32. The molecule has 2 aromatic heterocycles. The molecule has 1 aliphatic heterocycles. The van der Waals surface area contributed by atoms with Gasteiger partial charge < -0.3 is 19.1 Å². The Hall–Kier alpha value is -4.14. The van der Waals surface area contributed by atoms with E-state index in [0.29, 0.717) is 28.4 Å². The van der Waals surface area contributed by atoms with E-state index in [2.05, 4.69) is 23.0 Å². The predicted octanol–water partition coefficient (Wildman–Crippen LogP) is 5.82. The molecule has 2 aromatic carbocycles. The van der Waals surface area contributed by atoms with E-state index in [1.807, 2.05) is 39.0 Å². The van der Waals surface area contributed by atoms with E-state index in [1.165, 1.54) is 18.9 Å². The number of methoxy groups -OCH3 is 2. The Labute approximate surface area is 221 Å². The maximum atomic E-state index is 12.7. The van der Waals surface area contributed by atoms with E-state index >= 15 is 0 Å². The van der Waals surface area contributed by atoms with Gasteiger partial charge in [-0.05, 0) is 64.8 Å². The van der Waals surface area contributed by atoms with E-state index in [9.17, 15) is 9.59 Å². The van der Waals surface area contributed by atoms with Crippen molar-refractivity contribution in [3.63, 3.8) is 0 Å². The van der Waals surface area contributed by atoms with Gasteiger partial charge in [0.1, 0.15) is 16.9 Å². The fourth-order valence-corrected chi connectivity index (χ4v) is 4.98. The number of carbonyl (C=O) groups excluding carboxylic acids is 2. The first-order valence-electron chi connectivity index (χ1n) is 12.7. The first-order chi connectivity index (χ1) is 18.1. The highest BCUT2D eigenvalue weighted by atomic mass is 16.6. The van der Waals surface area contributed by atoms with Crippen molar-refractivity contribution in [3.05, 3.63) is 48.2 Å². The molecule has 4 aromatic rings. The Morgan fingerprint density at radius 2 is 1.84 bits per heavy atom. The zero-order chi connectivity index (χ0) is 27.2. The van der Waals surface area contributed by atoms with Crippen LogP contribution in [0.1, 0.15) is 50.9 Å². The molecule has 0 amide bonds. The molecule has 0 unspecified atom stereocenters. The first-order valence-corrected chi connectivity index (χ1v) is 12.7. The molecule has 0 saturated carbocycles. The number of pyridine rings is 1. The molecular formula is C29H32N4O5. The van der Waals surface area contributed by atoms with Crippen molar-refractivity contribution in [2.24, 2.45) is 0 Å². The molecule has 0 radical (unpaired) electrons. The summed E-state index contributed by atoms with van der Waals surface area (Å²) in [7, 11) is 2.87. The van der Waals surface area contributed by atoms with Crippen LogP contribution in [0.25, 0.3) is 33.1 Å². The number of anilines is 1. The molecule has 0 bridgehead atoms. The molecule has 5 rings (SSSR count). The highest BCUT2D eigenvalue weighted by Crippen LogP contribution is 2.38. The molecule has 1 aliphatic rings. The van der Waals surface area contributed by atoms with Gasteiger partial charge in [0.05, 0.1) is 42.8 Å². The second-order valence-electron chi connectivity index (χ2n) is 10.6. The summed E-state index contributed by atoms with van der Waals surface area (Å²) in [4.78, 5) is 32.5. The lowest BCUT2D eigenvalue weighted by Gasteiger charge is -2.26. The quantitative estimate of drug-likeness (QED) is 0.313. The van der Waals surface area contributed by atoms with Crippen LogP contribution in [0.4, 0.5) is 10.5 Å². The van der Waals surface area contributed by atoms with Crippen LogP contribution < -0.4 is 9.64 Å². The lowest BCUT2D eigenvalue weighted by molar-refractivity contribution is 0.0521. The summed E-state index contributed by atoms with van der Waals surface area (Å²) in [5, 5.41) is 5.91. The van der Waals surface area contributed by atoms with E-state index in [0.717, 1.165) is 47.1 Å². The van der Waals surface area contributed by atoms with Crippen molar-refractivity contribution >= 4 is 39.6 Å². The second-order valence-corrected chi connectivity index (χ2v) is 10.6. The number of nitrogens with zero attached hydrogens (tertiary/aromatic N) is 4. The largest absolute Gasteiger partial charge is 0.496 e. The molecule has 1 saturated heterocycles. The molecule has 9 nitrogen and oxygen atoms in total. The maximum Gasteiger partial charge on any atom is 0.435 e. The Bertz CT molecular complexity index is 1550. The highest BCUT2D eigenvalue weighted by Gasteiger charge is 2.26. The van der Waals surface area contributed by atoms with Crippen molar-refractivity contribution in [1.29, 1.82) is 0 Å². The standard InChI is InChI=1S/C29H32N4O5/c1-17-8-7-11-32(17)24-14-19-13-21(27(34)37-6)25(36-5)15-22(19)31-26(24)18-9-10-23-20(12-18)16-30-33(23)28(35)38-29(2,3)4/h9-10,12-17H,7-8,11H2,1-6H3/t17-/m0/s1. The number of carbonyl (C=O) groups is 2. The Kier molecular flexibility index (Phi) is 6.46. The van der Waals surface area contributed by atoms with E-state index in [4.69, 9.17) is 19.2 Å². The number of rotatable bonds is 4. The first kappa shape index (κ1) is 25.5. The summed E-state index contributed by atoms with van der Waals surface area (Å²) in [6.45, 7) is 8.60. The maximum absolute atomic E-state index is 12.7. The summed E-state index contributed by atoms with van der Waals surface area (Å²) in [6, 6.07) is 11.8. The van der Waals surface area contributed by atoms with E-state index in [1.54, 1.807) is 18.3 Å². The van der Waals surface area contributed by atoms with Gasteiger partial charge in [-0.3, -0.25) is 0 Å². The number of esters is 1. The van der Waals surface area contributed by atoms with Gasteiger partial charge in [0.2, 0.25) is 0 Å². The van der Waals surface area contributed by atoms with Gasteiger partial charge in [-0.15, -0.1) is 0 Å². The van der Waals surface area contributed by atoms with Gasteiger partial charge in [-0.1, -0.05) is 6.07 Å². The number of hydrogen-bond acceptors (Lipinski definition) is 8. The average molecular weight is 517 g/mol. The van der Waals surface area contributed by atoms with Gasteiger partial charge in [-0.25, -0.2) is 14.6 Å². The summed E-state index contributed by atoms with van der Waals surface area (Å²) in [5.74, 6) is -0.0597. The number of benzene rings is 2. The van der Waals surface area contributed by atoms with Crippen molar-refractivity contribution in [1.82, 2.24) is 14.8 Å². The van der Waals surface area contributed by atoms with Crippen LogP contribution in [-0.2, 0) is 9.47 Å². The Morgan fingerprint density at radius 3 is 2.50 bits per heavy atom. The normalized spacial score (nSPS) is 15.7. The molecule has 0 spiro atoms. The minimum atomic E-state index is -0.625. The fourth-order valence-electron chi connectivity index (χ4n) is 4.98. The third-order valence-corrected chi connectivity index (χ3v) is 6.79. The minimum absolute atomic E-state index is 0.352.